The van der Waals surface area contributed by atoms with Crippen LogP contribution >= 0.6 is 27.5 Å². The summed E-state index contributed by atoms with van der Waals surface area (Å²) in [4.78, 5) is 14.3. The van der Waals surface area contributed by atoms with Crippen molar-refractivity contribution in [3.05, 3.63) is 27.7 Å². The predicted molar refractivity (Wildman–Crippen MR) is 84.1 cm³/mol. The van der Waals surface area contributed by atoms with E-state index in [-0.39, 0.29) is 5.91 Å². The van der Waals surface area contributed by atoms with Crippen LogP contribution in [0.2, 0.25) is 5.02 Å². The molecule has 20 heavy (non-hydrogen) atoms. The average Bonchev–Trinajstić information content (AvgIpc) is 2.93. The zero-order chi connectivity index (χ0) is 14.1. The van der Waals surface area contributed by atoms with Gasteiger partial charge < -0.3 is 10.6 Å². The van der Waals surface area contributed by atoms with E-state index in [2.05, 4.69) is 31.5 Å². The molecule has 1 aromatic rings. The van der Waals surface area contributed by atoms with Crippen LogP contribution in [-0.2, 0) is 4.79 Å². The Morgan fingerprint density at radius 1 is 1.40 bits per heavy atom. The van der Waals surface area contributed by atoms with Gasteiger partial charge in [-0.05, 0) is 43.1 Å². The molecule has 0 spiro atoms. The number of amides is 1. The van der Waals surface area contributed by atoms with E-state index in [1.165, 1.54) is 0 Å². The first kappa shape index (κ1) is 14.3. The third-order valence-electron chi connectivity index (χ3n) is 4.04. The van der Waals surface area contributed by atoms with Crippen molar-refractivity contribution in [2.24, 2.45) is 11.8 Å². The molecule has 0 aromatic heterocycles. The van der Waals surface area contributed by atoms with Crippen molar-refractivity contribution >= 4 is 39.1 Å². The number of carbonyl (C=O) groups excluding carboxylic acids is 1. The number of nitrogens with one attached hydrogen (secondary N) is 2. The molecule has 0 aliphatic carbocycles. The number of anilines is 1. The number of hydrogen-bond acceptors (Lipinski definition) is 3. The summed E-state index contributed by atoms with van der Waals surface area (Å²) in [6, 6.07) is 5.46. The molecule has 2 heterocycles. The molecule has 4 nitrogen and oxygen atoms in total. The van der Waals surface area contributed by atoms with Gasteiger partial charge in [-0.2, -0.15) is 0 Å². The number of halogens is 2. The minimum absolute atomic E-state index is 0.00200. The fourth-order valence-electron chi connectivity index (χ4n) is 3.07. The first-order valence-corrected chi connectivity index (χ1v) is 7.97. The van der Waals surface area contributed by atoms with E-state index < -0.39 is 0 Å². The highest BCUT2D eigenvalue weighted by atomic mass is 79.9. The van der Waals surface area contributed by atoms with Gasteiger partial charge in [0.05, 0.1) is 17.3 Å². The third kappa shape index (κ3) is 3.17. The van der Waals surface area contributed by atoms with Gasteiger partial charge in [0.15, 0.2) is 0 Å². The van der Waals surface area contributed by atoms with Crippen LogP contribution in [0.25, 0.3) is 0 Å². The van der Waals surface area contributed by atoms with Gasteiger partial charge in [-0.15, -0.1) is 0 Å². The number of rotatable bonds is 3. The largest absolute Gasteiger partial charge is 0.324 e. The highest BCUT2D eigenvalue weighted by molar-refractivity contribution is 9.10. The van der Waals surface area contributed by atoms with Crippen molar-refractivity contribution in [1.82, 2.24) is 10.2 Å². The van der Waals surface area contributed by atoms with Crippen LogP contribution in [0.15, 0.2) is 22.7 Å². The molecular formula is C14H17BrClN3O. The minimum atomic E-state index is 0.00200. The summed E-state index contributed by atoms with van der Waals surface area (Å²) in [5, 5.41) is 6.83. The van der Waals surface area contributed by atoms with Gasteiger partial charge >= 0.3 is 0 Å². The fourth-order valence-corrected chi connectivity index (χ4v) is 3.79. The number of carbonyl (C=O) groups is 1. The lowest BCUT2D eigenvalue weighted by Gasteiger charge is -2.16. The first-order valence-electron chi connectivity index (χ1n) is 6.80. The predicted octanol–water partition coefficient (Wildman–Crippen LogP) is 2.19. The van der Waals surface area contributed by atoms with E-state index in [1.54, 1.807) is 6.07 Å². The second-order valence-corrected chi connectivity index (χ2v) is 6.87. The lowest BCUT2D eigenvalue weighted by Crippen LogP contribution is -2.33. The fraction of sp³-hybridized carbons (Fsp3) is 0.500. The Kier molecular flexibility index (Phi) is 4.31. The van der Waals surface area contributed by atoms with Gasteiger partial charge in [0.25, 0.3) is 0 Å². The maximum atomic E-state index is 12.1. The monoisotopic (exact) mass is 357 g/mol. The summed E-state index contributed by atoms with van der Waals surface area (Å²) in [5.41, 5.74) is 0.668. The van der Waals surface area contributed by atoms with Crippen LogP contribution in [0, 0.1) is 11.8 Å². The molecule has 0 bridgehead atoms. The molecule has 2 N–H and O–H groups in total. The standard InChI is InChI=1S/C14H17BrClN3O/c15-11-1-2-13(12(16)3-11)18-14(20)8-19-6-9-4-17-5-10(9)7-19/h1-3,9-10,17H,4-8H2,(H,18,20)/t9-,10+. The Balaban J connectivity index is 1.55. The van der Waals surface area contributed by atoms with Gasteiger partial charge in [0.2, 0.25) is 5.91 Å². The van der Waals surface area contributed by atoms with Crippen molar-refractivity contribution in [1.29, 1.82) is 0 Å². The lowest BCUT2D eigenvalue weighted by atomic mass is 10.0. The van der Waals surface area contributed by atoms with Gasteiger partial charge in [-0.3, -0.25) is 9.69 Å². The van der Waals surface area contributed by atoms with E-state index in [9.17, 15) is 4.79 Å². The number of likely N-dealkylation sites (tertiary alicyclic amines) is 1. The second kappa shape index (κ2) is 6.02. The molecule has 0 unspecified atom stereocenters. The van der Waals surface area contributed by atoms with E-state index in [4.69, 9.17) is 11.6 Å². The zero-order valence-corrected chi connectivity index (χ0v) is 13.4. The molecule has 2 aliphatic rings. The Labute approximate surface area is 132 Å². The summed E-state index contributed by atoms with van der Waals surface area (Å²) < 4.78 is 0.903. The van der Waals surface area contributed by atoms with Crippen molar-refractivity contribution < 1.29 is 4.79 Å². The summed E-state index contributed by atoms with van der Waals surface area (Å²) >= 11 is 9.45. The SMILES string of the molecule is O=C(CN1C[C@H]2CNC[C@H]2C1)Nc1ccc(Br)cc1Cl. The molecule has 2 aliphatic heterocycles. The molecule has 2 atom stereocenters. The van der Waals surface area contributed by atoms with Crippen molar-refractivity contribution in [2.75, 3.05) is 38.0 Å². The van der Waals surface area contributed by atoms with Crippen molar-refractivity contribution in [3.8, 4) is 0 Å². The number of nitrogens with zero attached hydrogens (tertiary/aromatic N) is 1. The Hall–Kier alpha value is -0.620. The molecule has 0 radical (unpaired) electrons. The van der Waals surface area contributed by atoms with Crippen LogP contribution in [0.3, 0.4) is 0 Å². The molecular weight excluding hydrogens is 342 g/mol. The third-order valence-corrected chi connectivity index (χ3v) is 4.84. The quantitative estimate of drug-likeness (QED) is 0.870. The van der Waals surface area contributed by atoms with Gasteiger partial charge in [-0.1, -0.05) is 27.5 Å². The minimum Gasteiger partial charge on any atom is -0.324 e. The summed E-state index contributed by atoms with van der Waals surface area (Å²) in [7, 11) is 0. The molecule has 6 heteroatoms. The molecule has 3 rings (SSSR count). The van der Waals surface area contributed by atoms with Crippen LogP contribution in [-0.4, -0.2) is 43.5 Å². The Morgan fingerprint density at radius 3 is 2.75 bits per heavy atom. The zero-order valence-electron chi connectivity index (χ0n) is 11.0. The van der Waals surface area contributed by atoms with Gasteiger partial charge in [0.1, 0.15) is 0 Å². The van der Waals surface area contributed by atoms with Crippen LogP contribution in [0.5, 0.6) is 0 Å². The summed E-state index contributed by atoms with van der Waals surface area (Å²) in [6.45, 7) is 4.64. The normalized spacial score (nSPS) is 25.7. The highest BCUT2D eigenvalue weighted by Gasteiger charge is 2.36. The number of fused-ring (bicyclic) bond motifs is 1. The van der Waals surface area contributed by atoms with E-state index >= 15 is 0 Å². The molecule has 0 saturated carbocycles. The molecule has 2 fully saturated rings. The smallest absolute Gasteiger partial charge is 0.238 e. The van der Waals surface area contributed by atoms with Crippen LogP contribution < -0.4 is 10.6 Å². The number of benzene rings is 1. The maximum Gasteiger partial charge on any atom is 0.238 e. The van der Waals surface area contributed by atoms with Gasteiger partial charge in [0, 0.05) is 17.6 Å². The number of hydrogen-bond donors (Lipinski definition) is 2. The lowest BCUT2D eigenvalue weighted by molar-refractivity contribution is -0.117. The van der Waals surface area contributed by atoms with E-state index in [1.807, 2.05) is 12.1 Å². The molecule has 108 valence electrons. The van der Waals surface area contributed by atoms with Crippen LogP contribution in [0.1, 0.15) is 0 Å². The Morgan fingerprint density at radius 2 is 2.10 bits per heavy atom. The van der Waals surface area contributed by atoms with Gasteiger partial charge in [-0.25, -0.2) is 0 Å². The highest BCUT2D eigenvalue weighted by Crippen LogP contribution is 2.27. The van der Waals surface area contributed by atoms with E-state index in [0.29, 0.717) is 29.1 Å². The van der Waals surface area contributed by atoms with E-state index in [0.717, 1.165) is 30.7 Å². The molecule has 2 saturated heterocycles. The summed E-state index contributed by atoms with van der Waals surface area (Å²) in [6.07, 6.45) is 0. The van der Waals surface area contributed by atoms with Crippen molar-refractivity contribution in [3.63, 3.8) is 0 Å². The van der Waals surface area contributed by atoms with Crippen LogP contribution in [0.4, 0.5) is 5.69 Å². The van der Waals surface area contributed by atoms with Crippen molar-refractivity contribution in [2.45, 2.75) is 0 Å². The summed E-state index contributed by atoms with van der Waals surface area (Å²) in [5.74, 6) is 1.42. The molecule has 1 amide bonds. The first-order chi connectivity index (χ1) is 9.61. The molecule has 1 aromatic carbocycles. The maximum absolute atomic E-state index is 12.1. The average molecular weight is 359 g/mol. The second-order valence-electron chi connectivity index (χ2n) is 5.54. The Bertz CT molecular complexity index is 513. The topological polar surface area (TPSA) is 44.4 Å².